The number of nitrogens with zero attached hydrogens (tertiary/aromatic N) is 1. The molecule has 0 aliphatic heterocycles. The van der Waals surface area contributed by atoms with E-state index in [1.54, 1.807) is 0 Å². The van der Waals surface area contributed by atoms with Crippen molar-refractivity contribution in [2.24, 2.45) is 5.16 Å². The summed E-state index contributed by atoms with van der Waals surface area (Å²) < 4.78 is 0. The third kappa shape index (κ3) is 3.27. The number of hydrogen-bond donors (Lipinski definition) is 2. The minimum Gasteiger partial charge on any atom is -0.411 e. The van der Waals surface area contributed by atoms with Gasteiger partial charge in [-0.2, -0.15) is 0 Å². The van der Waals surface area contributed by atoms with Crippen LogP contribution in [0.1, 0.15) is 0 Å². The summed E-state index contributed by atoms with van der Waals surface area (Å²) >= 11 is 17.2. The number of carbonyl (C=O) groups is 1. The first kappa shape index (κ1) is 12.1. The average molecular weight is 267 g/mol. The van der Waals surface area contributed by atoms with Gasteiger partial charge in [0.15, 0.2) is 0 Å². The molecule has 0 radical (unpaired) electrons. The second-order valence-electron chi connectivity index (χ2n) is 2.48. The van der Waals surface area contributed by atoms with Gasteiger partial charge in [0.1, 0.15) is 6.21 Å². The molecule has 0 aromatic heterocycles. The van der Waals surface area contributed by atoms with E-state index >= 15 is 0 Å². The van der Waals surface area contributed by atoms with Crippen molar-refractivity contribution in [3.05, 3.63) is 27.2 Å². The number of rotatable bonds is 2. The molecule has 2 N–H and O–H groups in total. The second kappa shape index (κ2) is 5.21. The molecule has 0 heterocycles. The molecule has 0 bridgehead atoms. The third-order valence-corrected chi connectivity index (χ3v) is 2.48. The number of anilines is 1. The van der Waals surface area contributed by atoms with E-state index < -0.39 is 5.91 Å². The van der Waals surface area contributed by atoms with E-state index in [-0.39, 0.29) is 20.8 Å². The minimum absolute atomic E-state index is 0.240. The van der Waals surface area contributed by atoms with Crippen LogP contribution in [0, 0.1) is 0 Å². The van der Waals surface area contributed by atoms with Crippen LogP contribution >= 0.6 is 34.8 Å². The Morgan fingerprint density at radius 2 is 1.87 bits per heavy atom. The van der Waals surface area contributed by atoms with Crippen LogP contribution in [0.4, 0.5) is 5.69 Å². The SMILES string of the molecule is O=C(/C=N\O)Nc1cc(Cl)c(Cl)cc1Cl. The lowest BCUT2D eigenvalue weighted by molar-refractivity contribution is -0.110. The highest BCUT2D eigenvalue weighted by atomic mass is 35.5. The van der Waals surface area contributed by atoms with Crippen LogP contribution in [0.5, 0.6) is 0 Å². The van der Waals surface area contributed by atoms with Crippen molar-refractivity contribution in [1.29, 1.82) is 0 Å². The van der Waals surface area contributed by atoms with Crippen molar-refractivity contribution in [3.63, 3.8) is 0 Å². The lowest BCUT2D eigenvalue weighted by Gasteiger charge is -2.05. The van der Waals surface area contributed by atoms with Gasteiger partial charge < -0.3 is 10.5 Å². The Hall–Kier alpha value is -0.970. The highest BCUT2D eigenvalue weighted by Crippen LogP contribution is 2.31. The fourth-order valence-electron chi connectivity index (χ4n) is 0.836. The van der Waals surface area contributed by atoms with E-state index in [9.17, 15) is 4.79 Å². The predicted octanol–water partition coefficient (Wildman–Crippen LogP) is 3.05. The molecule has 1 rings (SSSR count). The number of halogens is 3. The molecule has 7 heteroatoms. The maximum atomic E-state index is 11.0. The zero-order valence-corrected chi connectivity index (χ0v) is 9.44. The summed E-state index contributed by atoms with van der Waals surface area (Å²) in [5.74, 6) is -0.627. The summed E-state index contributed by atoms with van der Waals surface area (Å²) in [6.07, 6.45) is 0.693. The topological polar surface area (TPSA) is 61.7 Å². The highest BCUT2D eigenvalue weighted by molar-refractivity contribution is 6.44. The summed E-state index contributed by atoms with van der Waals surface area (Å²) in [4.78, 5) is 11.0. The van der Waals surface area contributed by atoms with E-state index in [1.165, 1.54) is 12.1 Å². The quantitative estimate of drug-likeness (QED) is 0.374. The van der Waals surface area contributed by atoms with E-state index in [2.05, 4.69) is 10.5 Å². The molecule has 4 nitrogen and oxygen atoms in total. The molecular formula is C8H5Cl3N2O2. The molecule has 0 unspecified atom stereocenters. The first-order valence-electron chi connectivity index (χ1n) is 3.67. The first-order valence-corrected chi connectivity index (χ1v) is 4.81. The van der Waals surface area contributed by atoms with Gasteiger partial charge in [-0.3, -0.25) is 4.79 Å². The Balaban J connectivity index is 2.95. The third-order valence-electron chi connectivity index (χ3n) is 1.44. The van der Waals surface area contributed by atoms with E-state index in [0.717, 1.165) is 0 Å². The smallest absolute Gasteiger partial charge is 0.270 e. The molecule has 1 aromatic carbocycles. The number of oxime groups is 1. The largest absolute Gasteiger partial charge is 0.411 e. The zero-order chi connectivity index (χ0) is 11.4. The summed E-state index contributed by atoms with van der Waals surface area (Å²) in [5.41, 5.74) is 0.288. The molecular weight excluding hydrogens is 262 g/mol. The molecule has 0 atom stereocenters. The van der Waals surface area contributed by atoms with Crippen molar-refractivity contribution in [2.75, 3.05) is 5.32 Å². The maximum absolute atomic E-state index is 11.0. The van der Waals surface area contributed by atoms with Crippen molar-refractivity contribution >= 4 is 52.6 Å². The standard InChI is InChI=1S/C8H5Cl3N2O2/c9-4-1-6(11)7(2-5(4)10)13-8(14)3-12-15/h1-3,15H,(H,13,14)/b12-3-. The Morgan fingerprint density at radius 1 is 1.27 bits per heavy atom. The Kier molecular flexibility index (Phi) is 4.20. The molecule has 1 aromatic rings. The molecule has 0 aliphatic rings. The van der Waals surface area contributed by atoms with Crippen LogP contribution in [0.3, 0.4) is 0 Å². The van der Waals surface area contributed by atoms with Gasteiger partial charge in [0.2, 0.25) is 0 Å². The maximum Gasteiger partial charge on any atom is 0.270 e. The molecule has 80 valence electrons. The lowest BCUT2D eigenvalue weighted by atomic mass is 10.3. The normalized spacial score (nSPS) is 10.6. The number of hydrogen-bond acceptors (Lipinski definition) is 3. The van der Waals surface area contributed by atoms with Crippen LogP contribution in [-0.4, -0.2) is 17.3 Å². The molecule has 0 spiro atoms. The number of benzene rings is 1. The lowest BCUT2D eigenvalue weighted by Crippen LogP contribution is -2.12. The van der Waals surface area contributed by atoms with Gasteiger partial charge >= 0.3 is 0 Å². The number of amides is 1. The van der Waals surface area contributed by atoms with Crippen molar-refractivity contribution in [2.45, 2.75) is 0 Å². The molecule has 0 aliphatic carbocycles. The van der Waals surface area contributed by atoms with Gasteiger partial charge in [-0.25, -0.2) is 0 Å². The van der Waals surface area contributed by atoms with Gasteiger partial charge in [0, 0.05) is 0 Å². The molecule has 0 saturated heterocycles. The molecule has 1 amide bonds. The summed E-state index contributed by atoms with van der Waals surface area (Å²) in [6.45, 7) is 0. The summed E-state index contributed by atoms with van der Waals surface area (Å²) in [6, 6.07) is 2.80. The minimum atomic E-state index is -0.627. The van der Waals surface area contributed by atoms with Gasteiger partial charge in [-0.15, -0.1) is 0 Å². The van der Waals surface area contributed by atoms with Crippen LogP contribution < -0.4 is 5.32 Å². The molecule has 15 heavy (non-hydrogen) atoms. The highest BCUT2D eigenvalue weighted by Gasteiger charge is 2.07. The Morgan fingerprint density at radius 3 is 2.47 bits per heavy atom. The summed E-state index contributed by atoms with van der Waals surface area (Å²) in [7, 11) is 0. The van der Waals surface area contributed by atoms with E-state index in [4.69, 9.17) is 40.0 Å². The van der Waals surface area contributed by atoms with Crippen molar-refractivity contribution < 1.29 is 10.0 Å². The number of nitrogens with one attached hydrogen (secondary N) is 1. The van der Waals surface area contributed by atoms with Gasteiger partial charge in [0.05, 0.1) is 20.8 Å². The van der Waals surface area contributed by atoms with E-state index in [0.29, 0.717) is 6.21 Å². The molecule has 0 saturated carbocycles. The first-order chi connectivity index (χ1) is 7.04. The van der Waals surface area contributed by atoms with Gasteiger partial charge in [-0.05, 0) is 12.1 Å². The van der Waals surface area contributed by atoms with E-state index in [1.807, 2.05) is 0 Å². The zero-order valence-electron chi connectivity index (χ0n) is 7.17. The van der Waals surface area contributed by atoms with Crippen molar-refractivity contribution in [1.82, 2.24) is 0 Å². The van der Waals surface area contributed by atoms with Crippen LogP contribution in [0.25, 0.3) is 0 Å². The fourth-order valence-corrected chi connectivity index (χ4v) is 1.43. The van der Waals surface area contributed by atoms with Gasteiger partial charge in [-0.1, -0.05) is 40.0 Å². The Labute approximate surface area is 100 Å². The fraction of sp³-hybridized carbons (Fsp3) is 0. The van der Waals surface area contributed by atoms with Crippen LogP contribution in [0.15, 0.2) is 17.3 Å². The Bertz CT molecular complexity index is 421. The average Bonchev–Trinajstić information content (AvgIpc) is 2.14. The predicted molar refractivity (Wildman–Crippen MR) is 60.4 cm³/mol. The van der Waals surface area contributed by atoms with Crippen molar-refractivity contribution in [3.8, 4) is 0 Å². The van der Waals surface area contributed by atoms with Crippen LogP contribution in [0.2, 0.25) is 15.1 Å². The molecule has 0 fully saturated rings. The van der Waals surface area contributed by atoms with Crippen LogP contribution in [-0.2, 0) is 4.79 Å². The second-order valence-corrected chi connectivity index (χ2v) is 3.70. The monoisotopic (exact) mass is 266 g/mol. The van der Waals surface area contributed by atoms with Gasteiger partial charge in [0.25, 0.3) is 5.91 Å². The summed E-state index contributed by atoms with van der Waals surface area (Å²) in [5, 5.41) is 13.8. The number of carbonyl (C=O) groups excluding carboxylic acids is 1.